The number of benzene rings is 1. The van der Waals surface area contributed by atoms with Crippen LogP contribution >= 0.6 is 0 Å². The Kier molecular flexibility index (Phi) is 4.35. The van der Waals surface area contributed by atoms with Crippen molar-refractivity contribution in [3.8, 4) is 0 Å². The molecule has 0 amide bonds. The van der Waals surface area contributed by atoms with Gasteiger partial charge in [0.15, 0.2) is 6.17 Å². The number of rotatable bonds is 3. The minimum absolute atomic E-state index is 0.128. The van der Waals surface area contributed by atoms with Gasteiger partial charge >= 0.3 is 12.1 Å². The van der Waals surface area contributed by atoms with Crippen LogP contribution < -0.4 is 5.32 Å². The fourth-order valence-corrected chi connectivity index (χ4v) is 2.79. The highest BCUT2D eigenvalue weighted by molar-refractivity contribution is 5.82. The second-order valence-electron chi connectivity index (χ2n) is 5.55. The molecule has 2 heterocycles. The first-order valence-electron chi connectivity index (χ1n) is 7.42. The lowest BCUT2D eigenvalue weighted by atomic mass is 10.0. The SMILES string of the molecule is FC(F)(F)C1=NC(c2ccccc2)N(CC2CCCCN2)O1. The van der Waals surface area contributed by atoms with Gasteiger partial charge in [-0.2, -0.15) is 13.2 Å². The van der Waals surface area contributed by atoms with Crippen LogP contribution in [0.2, 0.25) is 0 Å². The predicted molar refractivity (Wildman–Crippen MR) is 76.1 cm³/mol. The second-order valence-corrected chi connectivity index (χ2v) is 5.55. The molecule has 1 aromatic rings. The fraction of sp³-hybridized carbons (Fsp3) is 0.533. The Morgan fingerprint density at radius 2 is 2.00 bits per heavy atom. The van der Waals surface area contributed by atoms with Crippen molar-refractivity contribution in [1.29, 1.82) is 0 Å². The van der Waals surface area contributed by atoms with E-state index in [0.717, 1.165) is 25.8 Å². The van der Waals surface area contributed by atoms with Gasteiger partial charge in [-0.25, -0.2) is 4.99 Å². The quantitative estimate of drug-likeness (QED) is 0.932. The minimum Gasteiger partial charge on any atom is -0.378 e. The molecule has 4 nitrogen and oxygen atoms in total. The molecule has 0 radical (unpaired) electrons. The minimum atomic E-state index is -4.57. The van der Waals surface area contributed by atoms with Crippen LogP contribution in [0.15, 0.2) is 35.3 Å². The highest BCUT2D eigenvalue weighted by Crippen LogP contribution is 2.33. The number of nitrogens with one attached hydrogen (secondary N) is 1. The largest absolute Gasteiger partial charge is 0.470 e. The average Bonchev–Trinajstić information content (AvgIpc) is 2.93. The molecule has 2 atom stereocenters. The lowest BCUT2D eigenvalue weighted by Crippen LogP contribution is -2.44. The molecular weight excluding hydrogens is 295 g/mol. The van der Waals surface area contributed by atoms with Crippen molar-refractivity contribution in [3.63, 3.8) is 0 Å². The molecule has 120 valence electrons. The molecule has 22 heavy (non-hydrogen) atoms. The predicted octanol–water partition coefficient (Wildman–Crippen LogP) is 3.04. The molecule has 2 aliphatic heterocycles. The van der Waals surface area contributed by atoms with Gasteiger partial charge in [-0.15, -0.1) is 5.06 Å². The average molecular weight is 313 g/mol. The van der Waals surface area contributed by atoms with Crippen LogP contribution in [0.1, 0.15) is 31.0 Å². The van der Waals surface area contributed by atoms with E-state index in [0.29, 0.717) is 12.1 Å². The Bertz CT molecular complexity index is 527. The number of aliphatic imine (C=N–C) groups is 1. The molecule has 1 fully saturated rings. The van der Waals surface area contributed by atoms with Gasteiger partial charge in [0.2, 0.25) is 0 Å². The Labute approximate surface area is 126 Å². The molecule has 2 aliphatic rings. The van der Waals surface area contributed by atoms with E-state index in [1.54, 1.807) is 24.3 Å². The summed E-state index contributed by atoms with van der Waals surface area (Å²) < 4.78 is 38.7. The Balaban J connectivity index is 1.78. The van der Waals surface area contributed by atoms with Crippen molar-refractivity contribution >= 4 is 5.90 Å². The highest BCUT2D eigenvalue weighted by Gasteiger charge is 2.46. The smallest absolute Gasteiger partial charge is 0.378 e. The van der Waals surface area contributed by atoms with E-state index in [-0.39, 0.29) is 6.04 Å². The van der Waals surface area contributed by atoms with Gasteiger partial charge in [-0.05, 0) is 24.9 Å². The van der Waals surface area contributed by atoms with Gasteiger partial charge < -0.3 is 10.2 Å². The Morgan fingerprint density at radius 1 is 1.23 bits per heavy atom. The summed E-state index contributed by atoms with van der Waals surface area (Å²) in [7, 11) is 0. The molecule has 0 saturated carbocycles. The fourth-order valence-electron chi connectivity index (χ4n) is 2.79. The van der Waals surface area contributed by atoms with Gasteiger partial charge in [0.1, 0.15) is 0 Å². The van der Waals surface area contributed by atoms with Gasteiger partial charge in [0.25, 0.3) is 0 Å². The molecule has 1 saturated heterocycles. The van der Waals surface area contributed by atoms with E-state index in [2.05, 4.69) is 10.3 Å². The molecule has 3 rings (SSSR count). The van der Waals surface area contributed by atoms with Crippen molar-refractivity contribution < 1.29 is 18.0 Å². The summed E-state index contributed by atoms with van der Waals surface area (Å²) in [5.74, 6) is -1.17. The summed E-state index contributed by atoms with van der Waals surface area (Å²) in [6.07, 6.45) is -2.20. The maximum absolute atomic E-state index is 12.9. The van der Waals surface area contributed by atoms with Gasteiger partial charge in [0.05, 0.1) is 6.54 Å². The van der Waals surface area contributed by atoms with Crippen molar-refractivity contribution in [2.75, 3.05) is 13.1 Å². The number of hydrogen-bond acceptors (Lipinski definition) is 4. The van der Waals surface area contributed by atoms with Crippen molar-refractivity contribution in [2.45, 2.75) is 37.6 Å². The standard InChI is InChI=1S/C15H18F3N3O/c16-15(17,18)14-20-13(11-6-2-1-3-7-11)21(22-14)10-12-8-4-5-9-19-12/h1-3,6-7,12-13,19H,4-5,8-10H2. The lowest BCUT2D eigenvalue weighted by Gasteiger charge is -2.29. The third-order valence-electron chi connectivity index (χ3n) is 3.87. The van der Waals surface area contributed by atoms with Crippen LogP contribution in [0, 0.1) is 0 Å². The number of halogens is 3. The number of piperidine rings is 1. The maximum atomic E-state index is 12.9. The molecular formula is C15H18F3N3O. The van der Waals surface area contributed by atoms with E-state index in [9.17, 15) is 13.2 Å². The van der Waals surface area contributed by atoms with Crippen LogP contribution in [-0.4, -0.2) is 36.3 Å². The summed E-state index contributed by atoms with van der Waals surface area (Å²) in [5, 5.41) is 4.65. The van der Waals surface area contributed by atoms with Gasteiger partial charge in [0, 0.05) is 6.04 Å². The molecule has 0 aliphatic carbocycles. The first-order valence-corrected chi connectivity index (χ1v) is 7.42. The van der Waals surface area contributed by atoms with E-state index in [1.165, 1.54) is 5.06 Å². The van der Waals surface area contributed by atoms with E-state index in [4.69, 9.17) is 4.84 Å². The van der Waals surface area contributed by atoms with Crippen LogP contribution in [0.5, 0.6) is 0 Å². The molecule has 1 N–H and O–H groups in total. The number of nitrogens with zero attached hydrogens (tertiary/aromatic N) is 2. The zero-order chi connectivity index (χ0) is 15.6. The molecule has 0 bridgehead atoms. The van der Waals surface area contributed by atoms with E-state index in [1.807, 2.05) is 6.07 Å². The molecule has 0 aromatic heterocycles. The number of alkyl halides is 3. The summed E-state index contributed by atoms with van der Waals surface area (Å²) in [6, 6.07) is 9.04. The van der Waals surface area contributed by atoms with Gasteiger partial charge in [-0.1, -0.05) is 36.8 Å². The van der Waals surface area contributed by atoms with Gasteiger partial charge in [-0.3, -0.25) is 0 Å². The maximum Gasteiger partial charge on any atom is 0.470 e. The third-order valence-corrected chi connectivity index (χ3v) is 3.87. The van der Waals surface area contributed by atoms with Crippen molar-refractivity contribution in [1.82, 2.24) is 10.4 Å². The Hall–Kier alpha value is -1.60. The van der Waals surface area contributed by atoms with Crippen molar-refractivity contribution in [2.24, 2.45) is 4.99 Å². The van der Waals surface area contributed by atoms with Crippen LogP contribution in [0.4, 0.5) is 13.2 Å². The first-order chi connectivity index (χ1) is 10.5. The molecule has 2 unspecified atom stereocenters. The van der Waals surface area contributed by atoms with Crippen LogP contribution in [-0.2, 0) is 4.84 Å². The van der Waals surface area contributed by atoms with E-state index < -0.39 is 18.2 Å². The molecule has 1 aromatic carbocycles. The zero-order valence-electron chi connectivity index (χ0n) is 12.0. The van der Waals surface area contributed by atoms with Crippen molar-refractivity contribution in [3.05, 3.63) is 35.9 Å². The number of hydroxylamine groups is 2. The third kappa shape index (κ3) is 3.41. The van der Waals surface area contributed by atoms with Crippen LogP contribution in [0.3, 0.4) is 0 Å². The number of hydrogen-bond donors (Lipinski definition) is 1. The summed E-state index contributed by atoms with van der Waals surface area (Å²) >= 11 is 0. The topological polar surface area (TPSA) is 36.9 Å². The normalized spacial score (nSPS) is 26.6. The first kappa shape index (κ1) is 15.3. The molecule has 0 spiro atoms. The lowest BCUT2D eigenvalue weighted by molar-refractivity contribution is -0.137. The Morgan fingerprint density at radius 3 is 2.64 bits per heavy atom. The van der Waals surface area contributed by atoms with Crippen LogP contribution in [0.25, 0.3) is 0 Å². The second kappa shape index (κ2) is 6.26. The zero-order valence-corrected chi connectivity index (χ0v) is 12.0. The summed E-state index contributed by atoms with van der Waals surface area (Å²) in [4.78, 5) is 8.76. The van der Waals surface area contributed by atoms with E-state index >= 15 is 0 Å². The summed E-state index contributed by atoms with van der Waals surface area (Å²) in [6.45, 7) is 1.27. The summed E-state index contributed by atoms with van der Waals surface area (Å²) in [5.41, 5.74) is 0.692. The molecule has 7 heteroatoms. The monoisotopic (exact) mass is 313 g/mol. The highest BCUT2D eigenvalue weighted by atomic mass is 19.4.